The molecule has 1 rings (SSSR count). The highest BCUT2D eigenvalue weighted by atomic mass is 16.6. The van der Waals surface area contributed by atoms with Crippen LogP contribution in [-0.2, 0) is 9.53 Å². The predicted octanol–water partition coefficient (Wildman–Crippen LogP) is 1.23. The molecule has 0 heterocycles. The SMILES string of the molecule is COCC(=O)CC(O)c1ccc([N+](=O)[O-])cc1. The van der Waals surface area contributed by atoms with Crippen molar-refractivity contribution in [2.75, 3.05) is 13.7 Å². The maximum absolute atomic E-state index is 11.2. The molecule has 0 bridgehead atoms. The quantitative estimate of drug-likeness (QED) is 0.595. The Morgan fingerprint density at radius 3 is 2.53 bits per heavy atom. The Morgan fingerprint density at radius 1 is 1.47 bits per heavy atom. The molecule has 1 unspecified atom stereocenters. The Morgan fingerprint density at radius 2 is 2.06 bits per heavy atom. The molecule has 0 aliphatic carbocycles. The molecule has 0 aromatic heterocycles. The number of carbonyl (C=O) groups excluding carboxylic acids is 1. The summed E-state index contributed by atoms with van der Waals surface area (Å²) < 4.78 is 4.64. The van der Waals surface area contributed by atoms with Crippen LogP contribution in [0, 0.1) is 10.1 Å². The number of nitrogens with zero attached hydrogens (tertiary/aromatic N) is 1. The van der Waals surface area contributed by atoms with Gasteiger partial charge in [-0.3, -0.25) is 14.9 Å². The fourth-order valence-electron chi connectivity index (χ4n) is 1.37. The Hall–Kier alpha value is -1.79. The third-order valence-corrected chi connectivity index (χ3v) is 2.22. The van der Waals surface area contributed by atoms with E-state index in [9.17, 15) is 20.0 Å². The number of hydrogen-bond acceptors (Lipinski definition) is 5. The van der Waals surface area contributed by atoms with E-state index in [0.29, 0.717) is 5.56 Å². The van der Waals surface area contributed by atoms with E-state index in [4.69, 9.17) is 0 Å². The second kappa shape index (κ2) is 6.07. The van der Waals surface area contributed by atoms with Gasteiger partial charge in [0.05, 0.1) is 11.0 Å². The van der Waals surface area contributed by atoms with Gasteiger partial charge in [-0.2, -0.15) is 0 Å². The summed E-state index contributed by atoms with van der Waals surface area (Å²) >= 11 is 0. The molecule has 17 heavy (non-hydrogen) atoms. The van der Waals surface area contributed by atoms with Gasteiger partial charge in [-0.25, -0.2) is 0 Å². The van der Waals surface area contributed by atoms with Crippen molar-refractivity contribution >= 4 is 11.5 Å². The van der Waals surface area contributed by atoms with Crippen LogP contribution >= 0.6 is 0 Å². The van der Waals surface area contributed by atoms with E-state index >= 15 is 0 Å². The number of methoxy groups -OCH3 is 1. The van der Waals surface area contributed by atoms with Crippen LogP contribution in [-0.4, -0.2) is 29.5 Å². The van der Waals surface area contributed by atoms with E-state index in [1.165, 1.54) is 31.4 Å². The largest absolute Gasteiger partial charge is 0.388 e. The highest BCUT2D eigenvalue weighted by Gasteiger charge is 2.14. The van der Waals surface area contributed by atoms with Gasteiger partial charge in [-0.1, -0.05) is 0 Å². The zero-order valence-electron chi connectivity index (χ0n) is 9.33. The standard InChI is InChI=1S/C11H13NO5/c1-17-7-10(13)6-11(14)8-2-4-9(5-3-8)12(15)16/h2-5,11,14H,6-7H2,1H3. The highest BCUT2D eigenvalue weighted by Crippen LogP contribution is 2.20. The molecule has 6 nitrogen and oxygen atoms in total. The van der Waals surface area contributed by atoms with Gasteiger partial charge in [0, 0.05) is 25.7 Å². The number of aliphatic hydroxyl groups is 1. The van der Waals surface area contributed by atoms with Gasteiger partial charge in [0.1, 0.15) is 6.61 Å². The number of ketones is 1. The first kappa shape index (κ1) is 13.3. The van der Waals surface area contributed by atoms with Gasteiger partial charge in [0.15, 0.2) is 5.78 Å². The fourth-order valence-corrected chi connectivity index (χ4v) is 1.37. The molecule has 0 aliphatic heterocycles. The summed E-state index contributed by atoms with van der Waals surface area (Å²) in [5.74, 6) is -0.224. The van der Waals surface area contributed by atoms with Gasteiger partial charge in [0.25, 0.3) is 5.69 Å². The Bertz CT molecular complexity index is 401. The van der Waals surface area contributed by atoms with Gasteiger partial charge in [-0.05, 0) is 17.7 Å². The number of non-ortho nitro benzene ring substituents is 1. The van der Waals surface area contributed by atoms with Crippen LogP contribution < -0.4 is 0 Å². The molecule has 0 spiro atoms. The Kier molecular flexibility index (Phi) is 4.74. The van der Waals surface area contributed by atoms with Crippen molar-refractivity contribution in [3.63, 3.8) is 0 Å². The summed E-state index contributed by atoms with van der Waals surface area (Å²) in [5.41, 5.74) is 0.421. The smallest absolute Gasteiger partial charge is 0.269 e. The monoisotopic (exact) mass is 239 g/mol. The minimum atomic E-state index is -0.960. The molecule has 6 heteroatoms. The molecule has 0 saturated carbocycles. The van der Waals surface area contributed by atoms with Crippen LogP contribution in [0.15, 0.2) is 24.3 Å². The molecule has 0 radical (unpaired) electrons. The highest BCUT2D eigenvalue weighted by molar-refractivity contribution is 5.80. The zero-order chi connectivity index (χ0) is 12.8. The molecule has 1 N–H and O–H groups in total. The van der Waals surface area contributed by atoms with E-state index < -0.39 is 11.0 Å². The fraction of sp³-hybridized carbons (Fsp3) is 0.364. The number of Topliss-reactive ketones (excluding diaryl/α,β-unsaturated/α-hetero) is 1. The lowest BCUT2D eigenvalue weighted by molar-refractivity contribution is -0.384. The van der Waals surface area contributed by atoms with Crippen LogP contribution in [0.5, 0.6) is 0 Å². The molecule has 0 amide bonds. The number of ether oxygens (including phenoxy) is 1. The first-order valence-corrected chi connectivity index (χ1v) is 4.97. The number of nitro benzene ring substituents is 1. The summed E-state index contributed by atoms with van der Waals surface area (Å²) in [7, 11) is 1.40. The number of nitro groups is 1. The molecule has 92 valence electrons. The van der Waals surface area contributed by atoms with E-state index in [1.54, 1.807) is 0 Å². The minimum Gasteiger partial charge on any atom is -0.388 e. The van der Waals surface area contributed by atoms with Crippen molar-refractivity contribution in [2.45, 2.75) is 12.5 Å². The van der Waals surface area contributed by atoms with Crippen molar-refractivity contribution in [2.24, 2.45) is 0 Å². The second-order valence-corrected chi connectivity index (χ2v) is 3.54. The van der Waals surface area contributed by atoms with Crippen molar-refractivity contribution in [3.05, 3.63) is 39.9 Å². The molecule has 1 aromatic rings. The van der Waals surface area contributed by atoms with E-state index in [-0.39, 0.29) is 24.5 Å². The van der Waals surface area contributed by atoms with Crippen LogP contribution in [0.25, 0.3) is 0 Å². The maximum atomic E-state index is 11.2. The maximum Gasteiger partial charge on any atom is 0.269 e. The molecule has 0 aliphatic rings. The summed E-state index contributed by atoms with van der Waals surface area (Å²) in [6.07, 6.45) is -1.02. The van der Waals surface area contributed by atoms with E-state index in [1.807, 2.05) is 0 Å². The number of carbonyl (C=O) groups is 1. The molecular formula is C11H13NO5. The lowest BCUT2D eigenvalue weighted by atomic mass is 10.0. The zero-order valence-corrected chi connectivity index (χ0v) is 9.33. The number of rotatable bonds is 6. The van der Waals surface area contributed by atoms with Gasteiger partial charge >= 0.3 is 0 Å². The van der Waals surface area contributed by atoms with Crippen molar-refractivity contribution < 1.29 is 19.6 Å². The lowest BCUT2D eigenvalue weighted by Gasteiger charge is -2.09. The van der Waals surface area contributed by atoms with Gasteiger partial charge in [-0.15, -0.1) is 0 Å². The summed E-state index contributed by atoms with van der Waals surface area (Å²) in [6, 6.07) is 5.45. The number of hydrogen-bond donors (Lipinski definition) is 1. The molecule has 1 atom stereocenters. The number of benzene rings is 1. The minimum absolute atomic E-state index is 0.0515. The van der Waals surface area contributed by atoms with Crippen LogP contribution in [0.4, 0.5) is 5.69 Å². The normalized spacial score (nSPS) is 12.1. The lowest BCUT2D eigenvalue weighted by Crippen LogP contribution is -2.11. The van der Waals surface area contributed by atoms with Crippen molar-refractivity contribution in [1.29, 1.82) is 0 Å². The topological polar surface area (TPSA) is 89.7 Å². The van der Waals surface area contributed by atoms with Crippen LogP contribution in [0.3, 0.4) is 0 Å². The molecule has 1 aromatic carbocycles. The third kappa shape index (κ3) is 3.93. The van der Waals surface area contributed by atoms with Crippen molar-refractivity contribution in [3.8, 4) is 0 Å². The van der Waals surface area contributed by atoms with Crippen LogP contribution in [0.2, 0.25) is 0 Å². The summed E-state index contributed by atoms with van der Waals surface area (Å²) in [6.45, 7) is -0.0515. The average molecular weight is 239 g/mol. The molecule has 0 saturated heterocycles. The van der Waals surface area contributed by atoms with Gasteiger partial charge in [0.2, 0.25) is 0 Å². The van der Waals surface area contributed by atoms with E-state index in [2.05, 4.69) is 4.74 Å². The summed E-state index contributed by atoms with van der Waals surface area (Å²) in [5, 5.41) is 20.1. The average Bonchev–Trinajstić information content (AvgIpc) is 2.29. The van der Waals surface area contributed by atoms with Crippen molar-refractivity contribution in [1.82, 2.24) is 0 Å². The second-order valence-electron chi connectivity index (χ2n) is 3.54. The predicted molar refractivity (Wildman–Crippen MR) is 59.6 cm³/mol. The Balaban J connectivity index is 2.66. The molecule has 0 fully saturated rings. The number of aliphatic hydroxyl groups excluding tert-OH is 1. The van der Waals surface area contributed by atoms with Gasteiger partial charge < -0.3 is 9.84 Å². The Labute approximate surface area is 98.0 Å². The summed E-state index contributed by atoms with van der Waals surface area (Å²) in [4.78, 5) is 21.1. The van der Waals surface area contributed by atoms with E-state index in [0.717, 1.165) is 0 Å². The third-order valence-electron chi connectivity index (χ3n) is 2.22. The first-order chi connectivity index (χ1) is 8.04. The molecular weight excluding hydrogens is 226 g/mol. The first-order valence-electron chi connectivity index (χ1n) is 4.97. The van der Waals surface area contributed by atoms with Crippen LogP contribution in [0.1, 0.15) is 18.1 Å².